The fourth-order valence-corrected chi connectivity index (χ4v) is 1.31. The number of halogens is 2. The molecule has 0 unspecified atom stereocenters. The fourth-order valence-electron chi connectivity index (χ4n) is 0.754. The Morgan fingerprint density at radius 2 is 2.38 bits per heavy atom. The van der Waals surface area contributed by atoms with Gasteiger partial charge in [0.15, 0.2) is 0 Å². The molecule has 1 aromatic rings. The van der Waals surface area contributed by atoms with Crippen LogP contribution in [0.3, 0.4) is 0 Å². The number of aromatic nitrogens is 1. The van der Waals surface area contributed by atoms with E-state index in [-0.39, 0.29) is 0 Å². The summed E-state index contributed by atoms with van der Waals surface area (Å²) in [6.45, 7) is -1.35. The lowest BCUT2D eigenvalue weighted by molar-refractivity contribution is -0.0478. The third kappa shape index (κ3) is 3.75. The summed E-state index contributed by atoms with van der Waals surface area (Å²) in [5.41, 5.74) is 2.38. The summed E-state index contributed by atoms with van der Waals surface area (Å²) in [5, 5.41) is 12.5. The van der Waals surface area contributed by atoms with Crippen LogP contribution in [0.2, 0.25) is 0 Å². The Balaban J connectivity index is 2.21. The van der Waals surface area contributed by atoms with E-state index in [2.05, 4.69) is 10.3 Å². The van der Waals surface area contributed by atoms with Gasteiger partial charge in [0.2, 0.25) is 0 Å². The highest BCUT2D eigenvalue weighted by Crippen LogP contribution is 2.10. The van der Waals surface area contributed by atoms with Crippen LogP contribution in [0.15, 0.2) is 10.9 Å². The van der Waals surface area contributed by atoms with E-state index in [4.69, 9.17) is 5.11 Å². The molecule has 74 valence electrons. The molecular formula is C7H10F2N2OS. The molecule has 1 rings (SSSR count). The first-order valence-electron chi connectivity index (χ1n) is 3.70. The van der Waals surface area contributed by atoms with Gasteiger partial charge in [-0.2, -0.15) is 0 Å². The van der Waals surface area contributed by atoms with Crippen molar-refractivity contribution in [3.05, 3.63) is 16.6 Å². The molecule has 1 aromatic heterocycles. The van der Waals surface area contributed by atoms with Crippen molar-refractivity contribution in [3.63, 3.8) is 0 Å². The number of rotatable bonds is 5. The lowest BCUT2D eigenvalue weighted by Gasteiger charge is -2.12. The monoisotopic (exact) mass is 208 g/mol. The van der Waals surface area contributed by atoms with Crippen LogP contribution in [0.4, 0.5) is 8.78 Å². The zero-order valence-electron chi connectivity index (χ0n) is 6.83. The van der Waals surface area contributed by atoms with Crippen molar-refractivity contribution >= 4 is 11.3 Å². The first kappa shape index (κ1) is 10.5. The maximum absolute atomic E-state index is 12.5. The molecule has 0 aliphatic heterocycles. The summed E-state index contributed by atoms with van der Waals surface area (Å²) in [6, 6.07) is 0. The molecular weight excluding hydrogens is 198 g/mol. The zero-order valence-corrected chi connectivity index (χ0v) is 7.65. The summed E-state index contributed by atoms with van der Waals surface area (Å²) >= 11 is 1.42. The van der Waals surface area contributed by atoms with E-state index in [0.29, 0.717) is 6.54 Å². The Labute approximate surface area is 78.4 Å². The molecule has 3 nitrogen and oxygen atoms in total. The smallest absolute Gasteiger partial charge is 0.282 e. The fraction of sp³-hybridized carbons (Fsp3) is 0.571. The van der Waals surface area contributed by atoms with Crippen molar-refractivity contribution in [2.45, 2.75) is 12.5 Å². The van der Waals surface area contributed by atoms with Crippen molar-refractivity contribution in [1.82, 2.24) is 10.3 Å². The summed E-state index contributed by atoms with van der Waals surface area (Å²) in [6.07, 6.45) is 0. The molecule has 0 fully saturated rings. The van der Waals surface area contributed by atoms with Crippen LogP contribution in [-0.2, 0) is 6.54 Å². The van der Waals surface area contributed by atoms with E-state index in [1.165, 1.54) is 11.3 Å². The Morgan fingerprint density at radius 3 is 2.92 bits per heavy atom. The lowest BCUT2D eigenvalue weighted by atomic mass is 10.3. The summed E-state index contributed by atoms with van der Waals surface area (Å²) < 4.78 is 24.9. The molecule has 0 spiro atoms. The number of nitrogens with one attached hydrogen (secondary N) is 1. The van der Waals surface area contributed by atoms with E-state index in [9.17, 15) is 8.78 Å². The lowest BCUT2D eigenvalue weighted by Crippen LogP contribution is -2.35. The van der Waals surface area contributed by atoms with E-state index in [1.807, 2.05) is 0 Å². The molecule has 0 saturated carbocycles. The number of hydrogen-bond acceptors (Lipinski definition) is 4. The van der Waals surface area contributed by atoms with E-state index >= 15 is 0 Å². The van der Waals surface area contributed by atoms with Gasteiger partial charge in [-0.05, 0) is 0 Å². The second-order valence-electron chi connectivity index (χ2n) is 2.60. The summed E-state index contributed by atoms with van der Waals surface area (Å²) in [4.78, 5) is 3.91. The van der Waals surface area contributed by atoms with Crippen molar-refractivity contribution in [2.75, 3.05) is 13.2 Å². The van der Waals surface area contributed by atoms with Crippen LogP contribution in [0, 0.1) is 0 Å². The van der Waals surface area contributed by atoms with E-state index in [0.717, 1.165) is 5.69 Å². The average Bonchev–Trinajstić information content (AvgIpc) is 2.57. The third-order valence-corrected chi connectivity index (χ3v) is 2.04. The third-order valence-electron chi connectivity index (χ3n) is 1.40. The Bertz CT molecular complexity index is 241. The van der Waals surface area contributed by atoms with Crippen LogP contribution in [0.1, 0.15) is 5.69 Å². The SMILES string of the molecule is OCC(F)(F)CNCc1cscn1. The van der Waals surface area contributed by atoms with Crippen LogP contribution in [0.5, 0.6) is 0 Å². The standard InChI is InChI=1S/C7H10F2N2OS/c8-7(9,4-12)3-10-1-6-2-13-5-11-6/h2,5,10,12H,1,3-4H2. The molecule has 6 heteroatoms. The molecule has 0 bridgehead atoms. The molecule has 13 heavy (non-hydrogen) atoms. The average molecular weight is 208 g/mol. The topological polar surface area (TPSA) is 45.1 Å². The first-order chi connectivity index (χ1) is 6.14. The summed E-state index contributed by atoms with van der Waals surface area (Å²) in [7, 11) is 0. The normalized spacial score (nSPS) is 11.9. The van der Waals surface area contributed by atoms with Gasteiger partial charge in [0, 0.05) is 11.9 Å². The first-order valence-corrected chi connectivity index (χ1v) is 4.65. The van der Waals surface area contributed by atoms with Gasteiger partial charge in [-0.15, -0.1) is 11.3 Å². The van der Waals surface area contributed by atoms with Crippen LogP contribution >= 0.6 is 11.3 Å². The van der Waals surface area contributed by atoms with Gasteiger partial charge >= 0.3 is 0 Å². The van der Waals surface area contributed by atoms with Gasteiger partial charge in [-0.25, -0.2) is 13.8 Å². The van der Waals surface area contributed by atoms with Gasteiger partial charge in [-0.3, -0.25) is 0 Å². The van der Waals surface area contributed by atoms with Crippen LogP contribution < -0.4 is 5.32 Å². The number of alkyl halides is 2. The molecule has 0 saturated heterocycles. The second-order valence-corrected chi connectivity index (χ2v) is 3.32. The minimum absolute atomic E-state index is 0.305. The van der Waals surface area contributed by atoms with Crippen LogP contribution in [-0.4, -0.2) is 29.2 Å². The molecule has 1 heterocycles. The Hall–Kier alpha value is -0.590. The number of hydrogen-bond donors (Lipinski definition) is 2. The van der Waals surface area contributed by atoms with E-state index in [1.54, 1.807) is 10.9 Å². The van der Waals surface area contributed by atoms with Gasteiger partial charge in [0.25, 0.3) is 5.92 Å². The predicted molar refractivity (Wildman–Crippen MR) is 45.9 cm³/mol. The number of aliphatic hydroxyl groups excluding tert-OH is 1. The van der Waals surface area contributed by atoms with Gasteiger partial charge < -0.3 is 10.4 Å². The maximum atomic E-state index is 12.5. The minimum atomic E-state index is -3.05. The molecule has 0 atom stereocenters. The molecule has 0 aliphatic rings. The largest absolute Gasteiger partial charge is 0.390 e. The molecule has 0 aliphatic carbocycles. The highest BCUT2D eigenvalue weighted by molar-refractivity contribution is 7.07. The van der Waals surface area contributed by atoms with Gasteiger partial charge in [0.05, 0.1) is 17.7 Å². The van der Waals surface area contributed by atoms with Crippen molar-refractivity contribution in [3.8, 4) is 0 Å². The number of nitrogens with zero attached hydrogens (tertiary/aromatic N) is 1. The van der Waals surface area contributed by atoms with Crippen molar-refractivity contribution in [1.29, 1.82) is 0 Å². The van der Waals surface area contributed by atoms with Gasteiger partial charge in [0.1, 0.15) is 6.61 Å². The van der Waals surface area contributed by atoms with Crippen LogP contribution in [0.25, 0.3) is 0 Å². The maximum Gasteiger partial charge on any atom is 0.282 e. The Morgan fingerprint density at radius 1 is 1.62 bits per heavy atom. The molecule has 0 amide bonds. The predicted octanol–water partition coefficient (Wildman–Crippen LogP) is 0.860. The zero-order chi connectivity index (χ0) is 9.73. The van der Waals surface area contributed by atoms with Crippen molar-refractivity contribution in [2.24, 2.45) is 0 Å². The molecule has 0 radical (unpaired) electrons. The Kier molecular flexibility index (Phi) is 3.71. The minimum Gasteiger partial charge on any atom is -0.390 e. The summed E-state index contributed by atoms with van der Waals surface area (Å²) in [5.74, 6) is -3.05. The quantitative estimate of drug-likeness (QED) is 0.754. The van der Waals surface area contributed by atoms with Gasteiger partial charge in [-0.1, -0.05) is 0 Å². The van der Waals surface area contributed by atoms with E-state index < -0.39 is 19.1 Å². The molecule has 0 aromatic carbocycles. The molecule has 2 N–H and O–H groups in total. The number of thiazole rings is 1. The highest BCUT2D eigenvalue weighted by Gasteiger charge is 2.26. The highest BCUT2D eigenvalue weighted by atomic mass is 32.1. The second kappa shape index (κ2) is 4.59. The van der Waals surface area contributed by atoms with Crippen molar-refractivity contribution < 1.29 is 13.9 Å². The number of aliphatic hydroxyl groups is 1.